The fourth-order valence-electron chi connectivity index (χ4n) is 3.13. The summed E-state index contributed by atoms with van der Waals surface area (Å²) in [4.78, 5) is 28.8. The Bertz CT molecular complexity index is 847. The number of carbonyl (C=O) groups is 1. The number of hydrogen-bond donors (Lipinski definition) is 2. The highest BCUT2D eigenvalue weighted by Crippen LogP contribution is 2.20. The van der Waals surface area contributed by atoms with E-state index in [0.717, 1.165) is 18.5 Å². The largest absolute Gasteiger partial charge is 0.381 e. The Kier molecular flexibility index (Phi) is 5.13. The molecule has 3 rings (SSSR count). The van der Waals surface area contributed by atoms with Gasteiger partial charge in [0.2, 0.25) is 0 Å². The smallest absolute Gasteiger partial charge is 0.260 e. The molecule has 25 heavy (non-hydrogen) atoms. The molecule has 1 saturated heterocycles. The highest BCUT2D eigenvalue weighted by molar-refractivity contribution is 6.30. The highest BCUT2D eigenvalue weighted by Gasteiger charge is 2.26. The number of aromatic amines is 1. The van der Waals surface area contributed by atoms with Crippen molar-refractivity contribution in [3.63, 3.8) is 0 Å². The molecule has 0 unspecified atom stereocenters. The van der Waals surface area contributed by atoms with Crippen LogP contribution in [0.2, 0.25) is 5.02 Å². The molecular weight excluding hydrogens is 338 g/mol. The summed E-state index contributed by atoms with van der Waals surface area (Å²) >= 11 is 5.91. The van der Waals surface area contributed by atoms with Crippen molar-refractivity contribution in [3.05, 3.63) is 62.5 Å². The molecule has 2 N–H and O–H groups in total. The number of amides is 1. The number of aromatic nitrogens is 1. The molecule has 0 spiro atoms. The Hall–Kier alpha value is -2.27. The minimum absolute atomic E-state index is 0.0966. The Balaban J connectivity index is 1.72. The van der Waals surface area contributed by atoms with Gasteiger partial charge in [-0.15, -0.1) is 0 Å². The number of carbonyl (C=O) groups excluding carboxylic acids is 1. The highest BCUT2D eigenvalue weighted by atomic mass is 35.5. The normalized spacial score (nSPS) is 17.4. The van der Waals surface area contributed by atoms with E-state index in [-0.39, 0.29) is 17.5 Å². The van der Waals surface area contributed by atoms with Crippen LogP contribution in [0, 0.1) is 13.8 Å². The molecule has 1 amide bonds. The average molecular weight is 360 g/mol. The number of rotatable bonds is 3. The predicted molar refractivity (Wildman–Crippen MR) is 101 cm³/mol. The van der Waals surface area contributed by atoms with Crippen LogP contribution >= 0.6 is 11.6 Å². The Morgan fingerprint density at radius 1 is 1.28 bits per heavy atom. The standard InChI is InChI=1S/C19H22ClN3O2/c1-12-5-6-15(8-13(12)2)22-16-4-3-7-23(11-16)19(25)17-9-14(20)10-21-18(17)24/h5-6,8-10,16,22H,3-4,7,11H2,1-2H3,(H,21,24)/t16-/m1/s1. The maximum atomic E-state index is 12.7. The molecule has 0 bridgehead atoms. The molecule has 1 atom stereocenters. The lowest BCUT2D eigenvalue weighted by Crippen LogP contribution is -2.46. The summed E-state index contributed by atoms with van der Waals surface area (Å²) in [6.45, 7) is 5.39. The van der Waals surface area contributed by atoms with Crippen molar-refractivity contribution >= 4 is 23.2 Å². The minimum atomic E-state index is -0.404. The van der Waals surface area contributed by atoms with Crippen LogP contribution in [0.5, 0.6) is 0 Å². The second-order valence-electron chi connectivity index (χ2n) is 6.59. The van der Waals surface area contributed by atoms with Crippen molar-refractivity contribution in [2.24, 2.45) is 0 Å². The Labute approximate surface area is 152 Å². The van der Waals surface area contributed by atoms with Crippen LogP contribution in [0.1, 0.15) is 34.3 Å². The van der Waals surface area contributed by atoms with Crippen molar-refractivity contribution in [1.29, 1.82) is 0 Å². The van der Waals surface area contributed by atoms with E-state index in [2.05, 4.69) is 42.3 Å². The van der Waals surface area contributed by atoms with Crippen LogP contribution in [0.15, 0.2) is 35.3 Å². The van der Waals surface area contributed by atoms with Crippen LogP contribution in [0.4, 0.5) is 5.69 Å². The van der Waals surface area contributed by atoms with Gasteiger partial charge >= 0.3 is 0 Å². The number of piperidine rings is 1. The molecule has 0 radical (unpaired) electrons. The third kappa shape index (κ3) is 4.04. The number of H-pyrrole nitrogens is 1. The molecule has 1 aliphatic heterocycles. The first-order valence-electron chi connectivity index (χ1n) is 8.45. The first-order chi connectivity index (χ1) is 11.9. The van der Waals surface area contributed by atoms with Gasteiger partial charge in [-0.3, -0.25) is 9.59 Å². The number of pyridine rings is 1. The van der Waals surface area contributed by atoms with Crippen molar-refractivity contribution in [3.8, 4) is 0 Å². The lowest BCUT2D eigenvalue weighted by molar-refractivity contribution is 0.0713. The van der Waals surface area contributed by atoms with E-state index in [4.69, 9.17) is 11.6 Å². The first-order valence-corrected chi connectivity index (χ1v) is 8.83. The summed E-state index contributed by atoms with van der Waals surface area (Å²) in [6.07, 6.45) is 3.27. The SMILES string of the molecule is Cc1ccc(N[C@@H]2CCCN(C(=O)c3cc(Cl)c[nH]c3=O)C2)cc1C. The quantitative estimate of drug-likeness (QED) is 0.883. The molecule has 5 nitrogen and oxygen atoms in total. The number of benzene rings is 1. The fourth-order valence-corrected chi connectivity index (χ4v) is 3.30. The third-order valence-corrected chi connectivity index (χ3v) is 4.90. The summed E-state index contributed by atoms with van der Waals surface area (Å²) in [5, 5.41) is 3.86. The van der Waals surface area contributed by atoms with Gasteiger partial charge in [-0.2, -0.15) is 0 Å². The minimum Gasteiger partial charge on any atom is -0.381 e. The van der Waals surface area contributed by atoms with Gasteiger partial charge in [0, 0.05) is 31.0 Å². The maximum Gasteiger partial charge on any atom is 0.260 e. The van der Waals surface area contributed by atoms with E-state index in [1.54, 1.807) is 4.90 Å². The van der Waals surface area contributed by atoms with E-state index in [1.165, 1.54) is 23.4 Å². The first kappa shape index (κ1) is 17.5. The van der Waals surface area contributed by atoms with Gasteiger partial charge in [-0.05, 0) is 56.0 Å². The number of likely N-dealkylation sites (tertiary alicyclic amines) is 1. The molecule has 0 aliphatic carbocycles. The number of anilines is 1. The number of aryl methyl sites for hydroxylation is 2. The van der Waals surface area contributed by atoms with E-state index >= 15 is 0 Å². The van der Waals surface area contributed by atoms with Crippen LogP contribution < -0.4 is 10.9 Å². The number of hydrogen-bond acceptors (Lipinski definition) is 3. The molecule has 1 aromatic heterocycles. The lowest BCUT2D eigenvalue weighted by atomic mass is 10.0. The average Bonchev–Trinajstić information content (AvgIpc) is 2.60. The predicted octanol–water partition coefficient (Wildman–Crippen LogP) is 3.36. The van der Waals surface area contributed by atoms with Crippen molar-refractivity contribution in [2.45, 2.75) is 32.7 Å². The van der Waals surface area contributed by atoms with Gasteiger partial charge in [0.15, 0.2) is 0 Å². The van der Waals surface area contributed by atoms with Gasteiger partial charge < -0.3 is 15.2 Å². The van der Waals surface area contributed by atoms with Crippen LogP contribution in [0.3, 0.4) is 0 Å². The summed E-state index contributed by atoms with van der Waals surface area (Å²) in [6, 6.07) is 7.87. The topological polar surface area (TPSA) is 65.2 Å². The zero-order chi connectivity index (χ0) is 18.0. The molecule has 2 aromatic rings. The zero-order valence-corrected chi connectivity index (χ0v) is 15.2. The van der Waals surface area contributed by atoms with Crippen LogP contribution in [0.25, 0.3) is 0 Å². The molecule has 1 aromatic carbocycles. The second kappa shape index (κ2) is 7.31. The van der Waals surface area contributed by atoms with Crippen LogP contribution in [-0.4, -0.2) is 34.9 Å². The van der Waals surface area contributed by atoms with Gasteiger partial charge in [0.05, 0.1) is 5.02 Å². The molecule has 1 aliphatic rings. The molecule has 2 heterocycles. The summed E-state index contributed by atoms with van der Waals surface area (Å²) in [7, 11) is 0. The van der Waals surface area contributed by atoms with Crippen molar-refractivity contribution in [2.75, 3.05) is 18.4 Å². The van der Waals surface area contributed by atoms with Gasteiger partial charge in [0.25, 0.3) is 11.5 Å². The van der Waals surface area contributed by atoms with Gasteiger partial charge in [-0.1, -0.05) is 17.7 Å². The van der Waals surface area contributed by atoms with Crippen molar-refractivity contribution in [1.82, 2.24) is 9.88 Å². The fraction of sp³-hybridized carbons (Fsp3) is 0.368. The zero-order valence-electron chi connectivity index (χ0n) is 14.4. The monoisotopic (exact) mass is 359 g/mol. The number of nitrogens with zero attached hydrogens (tertiary/aromatic N) is 1. The molecule has 132 valence electrons. The van der Waals surface area contributed by atoms with Crippen molar-refractivity contribution < 1.29 is 4.79 Å². The summed E-state index contributed by atoms with van der Waals surface area (Å²) in [5.74, 6) is -0.268. The molecular formula is C19H22ClN3O2. The third-order valence-electron chi connectivity index (χ3n) is 4.68. The molecule has 1 fully saturated rings. The van der Waals surface area contributed by atoms with Gasteiger partial charge in [0.1, 0.15) is 5.56 Å². The summed E-state index contributed by atoms with van der Waals surface area (Å²) < 4.78 is 0. The second-order valence-corrected chi connectivity index (χ2v) is 7.03. The maximum absolute atomic E-state index is 12.7. The van der Waals surface area contributed by atoms with Crippen LogP contribution in [-0.2, 0) is 0 Å². The van der Waals surface area contributed by atoms with E-state index in [0.29, 0.717) is 18.1 Å². The van der Waals surface area contributed by atoms with E-state index < -0.39 is 5.56 Å². The Morgan fingerprint density at radius 2 is 2.08 bits per heavy atom. The lowest BCUT2D eigenvalue weighted by Gasteiger charge is -2.33. The van der Waals surface area contributed by atoms with E-state index in [1.807, 2.05) is 0 Å². The molecule has 0 saturated carbocycles. The van der Waals surface area contributed by atoms with Gasteiger partial charge in [-0.25, -0.2) is 0 Å². The number of nitrogens with one attached hydrogen (secondary N) is 2. The van der Waals surface area contributed by atoms with E-state index in [9.17, 15) is 9.59 Å². The molecule has 6 heteroatoms. The Morgan fingerprint density at radius 3 is 2.84 bits per heavy atom. The number of halogens is 1. The summed E-state index contributed by atoms with van der Waals surface area (Å²) in [5.41, 5.74) is 3.24.